The number of hydrogen-bond donors (Lipinski definition) is 0. The van der Waals surface area contributed by atoms with Gasteiger partial charge in [0.1, 0.15) is 24.7 Å². The summed E-state index contributed by atoms with van der Waals surface area (Å²) in [6.45, 7) is 7.06. The van der Waals surface area contributed by atoms with Gasteiger partial charge in [-0.3, -0.25) is 14.5 Å². The van der Waals surface area contributed by atoms with Crippen LogP contribution < -0.4 is 9.47 Å². The number of nitrogens with zero attached hydrogens (tertiary/aromatic N) is 1. The Balaban J connectivity index is 1.37. The van der Waals surface area contributed by atoms with Crippen molar-refractivity contribution in [3.63, 3.8) is 0 Å². The van der Waals surface area contributed by atoms with Crippen LogP contribution in [0.3, 0.4) is 0 Å². The van der Waals surface area contributed by atoms with Crippen LogP contribution in [0, 0.1) is 6.92 Å². The van der Waals surface area contributed by atoms with E-state index in [0.29, 0.717) is 28.2 Å². The predicted molar refractivity (Wildman–Crippen MR) is 146 cm³/mol. The Morgan fingerprint density at radius 2 is 1.78 bits per heavy atom. The lowest BCUT2D eigenvalue weighted by molar-refractivity contribution is -0.123. The molecule has 3 aromatic carbocycles. The minimum Gasteiger partial charge on any atom is -0.491 e. The summed E-state index contributed by atoms with van der Waals surface area (Å²) in [7, 11) is 0. The Hall–Kier alpha value is -3.22. The minimum absolute atomic E-state index is 0.192. The first-order chi connectivity index (χ1) is 17.3. The highest BCUT2D eigenvalue weighted by Gasteiger charge is 2.34. The van der Waals surface area contributed by atoms with Crippen molar-refractivity contribution in [3.8, 4) is 11.5 Å². The van der Waals surface area contributed by atoms with Crippen molar-refractivity contribution in [3.05, 3.63) is 98.9 Å². The fourth-order valence-corrected chi connectivity index (χ4v) is 4.77. The molecule has 0 radical (unpaired) electrons. The number of benzene rings is 3. The molecule has 0 saturated carbocycles. The van der Waals surface area contributed by atoms with Gasteiger partial charge in [-0.25, -0.2) is 0 Å². The number of hydrogen-bond acceptors (Lipinski definition) is 5. The summed E-state index contributed by atoms with van der Waals surface area (Å²) in [5.74, 6) is 1.47. The van der Waals surface area contributed by atoms with E-state index in [9.17, 15) is 9.59 Å². The van der Waals surface area contributed by atoms with E-state index in [1.165, 1.54) is 4.90 Å². The fourth-order valence-electron chi connectivity index (χ4n) is 3.78. The van der Waals surface area contributed by atoms with Crippen LogP contribution in [-0.4, -0.2) is 29.2 Å². The zero-order chi connectivity index (χ0) is 25.7. The lowest BCUT2D eigenvalue weighted by Crippen LogP contribution is -2.32. The van der Waals surface area contributed by atoms with E-state index in [1.54, 1.807) is 6.08 Å². The number of ether oxygens (including phenoxy) is 2. The van der Waals surface area contributed by atoms with Crippen molar-refractivity contribution >= 4 is 40.6 Å². The van der Waals surface area contributed by atoms with E-state index in [4.69, 9.17) is 21.1 Å². The summed E-state index contributed by atoms with van der Waals surface area (Å²) in [6, 6.07) is 21.0. The highest BCUT2D eigenvalue weighted by atomic mass is 35.5. The van der Waals surface area contributed by atoms with Gasteiger partial charge in [0.25, 0.3) is 11.1 Å². The molecule has 0 aromatic heterocycles. The van der Waals surface area contributed by atoms with Crippen molar-refractivity contribution in [1.82, 2.24) is 4.90 Å². The van der Waals surface area contributed by atoms with Crippen LogP contribution in [-0.2, 0) is 11.4 Å². The Morgan fingerprint density at radius 3 is 2.53 bits per heavy atom. The topological polar surface area (TPSA) is 55.8 Å². The maximum absolute atomic E-state index is 12.9. The largest absolute Gasteiger partial charge is 0.491 e. The molecule has 36 heavy (non-hydrogen) atoms. The molecule has 3 aromatic rings. The molecule has 4 rings (SSSR count). The van der Waals surface area contributed by atoms with Gasteiger partial charge in [-0.15, -0.1) is 0 Å². The first-order valence-electron chi connectivity index (χ1n) is 11.8. The van der Waals surface area contributed by atoms with Gasteiger partial charge in [0.2, 0.25) is 0 Å². The van der Waals surface area contributed by atoms with E-state index in [0.717, 1.165) is 39.8 Å². The number of rotatable bonds is 9. The van der Waals surface area contributed by atoms with Crippen molar-refractivity contribution in [2.75, 3.05) is 13.2 Å². The molecule has 1 heterocycles. The summed E-state index contributed by atoms with van der Waals surface area (Å²) in [4.78, 5) is 27.1. The van der Waals surface area contributed by atoms with E-state index in [1.807, 2.05) is 61.5 Å². The van der Waals surface area contributed by atoms with Crippen molar-refractivity contribution < 1.29 is 19.1 Å². The quantitative estimate of drug-likeness (QED) is 0.273. The molecule has 2 amide bonds. The second kappa shape index (κ2) is 11.7. The van der Waals surface area contributed by atoms with E-state index < -0.39 is 0 Å². The van der Waals surface area contributed by atoms with Gasteiger partial charge in [-0.1, -0.05) is 61.8 Å². The number of imide groups is 1. The number of carbonyl (C=O) groups is 2. The summed E-state index contributed by atoms with van der Waals surface area (Å²) in [6.07, 6.45) is 1.72. The molecule has 0 bridgehead atoms. The van der Waals surface area contributed by atoms with Crippen LogP contribution in [0.4, 0.5) is 4.79 Å². The molecule has 186 valence electrons. The van der Waals surface area contributed by atoms with Crippen molar-refractivity contribution in [2.24, 2.45) is 0 Å². The first kappa shape index (κ1) is 25.9. The zero-order valence-electron chi connectivity index (χ0n) is 20.5. The zero-order valence-corrected chi connectivity index (χ0v) is 22.1. The first-order valence-corrected chi connectivity index (χ1v) is 13.0. The summed E-state index contributed by atoms with van der Waals surface area (Å²) in [5, 5.41) is 0.384. The van der Waals surface area contributed by atoms with Crippen LogP contribution >= 0.6 is 23.4 Å². The third-order valence-electron chi connectivity index (χ3n) is 5.71. The Kier molecular flexibility index (Phi) is 8.39. The molecular formula is C29H28ClNO4S. The second-order valence-corrected chi connectivity index (χ2v) is 10.3. The number of aryl methyl sites for hydroxylation is 1. The molecule has 1 aliphatic rings. The molecule has 7 heteroatoms. The number of thioether (sulfide) groups is 1. The molecule has 0 N–H and O–H groups in total. The highest BCUT2D eigenvalue weighted by Crippen LogP contribution is 2.33. The Morgan fingerprint density at radius 1 is 1.00 bits per heavy atom. The average molecular weight is 522 g/mol. The third kappa shape index (κ3) is 6.50. The van der Waals surface area contributed by atoms with Crippen LogP contribution in [0.1, 0.15) is 42.0 Å². The molecule has 1 fully saturated rings. The Labute approximate surface area is 221 Å². The number of amides is 2. The van der Waals surface area contributed by atoms with Gasteiger partial charge in [-0.05, 0) is 83.3 Å². The minimum atomic E-state index is -0.311. The van der Waals surface area contributed by atoms with Gasteiger partial charge in [0, 0.05) is 5.02 Å². The summed E-state index contributed by atoms with van der Waals surface area (Å²) in [5.41, 5.74) is 3.99. The van der Waals surface area contributed by atoms with Gasteiger partial charge in [-0.2, -0.15) is 0 Å². The highest BCUT2D eigenvalue weighted by molar-refractivity contribution is 8.18. The van der Waals surface area contributed by atoms with E-state index in [-0.39, 0.29) is 24.3 Å². The third-order valence-corrected chi connectivity index (χ3v) is 6.87. The van der Waals surface area contributed by atoms with Crippen LogP contribution in [0.5, 0.6) is 11.5 Å². The molecule has 0 aliphatic carbocycles. The predicted octanol–water partition coefficient (Wildman–Crippen LogP) is 7.47. The number of carbonyl (C=O) groups excluding carboxylic acids is 2. The summed E-state index contributed by atoms with van der Waals surface area (Å²) < 4.78 is 11.9. The van der Waals surface area contributed by atoms with Crippen LogP contribution in [0.15, 0.2) is 71.6 Å². The maximum Gasteiger partial charge on any atom is 0.293 e. The molecule has 1 aliphatic heterocycles. The van der Waals surface area contributed by atoms with E-state index >= 15 is 0 Å². The lowest BCUT2D eigenvalue weighted by atomic mass is 10.0. The van der Waals surface area contributed by atoms with Crippen LogP contribution in [0.25, 0.3) is 6.08 Å². The van der Waals surface area contributed by atoms with E-state index in [2.05, 4.69) is 26.0 Å². The molecule has 0 atom stereocenters. The SMILES string of the molecule is Cc1ccc(C(C)C)c(OCCN2C(=O)S/C(=C\c3cccc(OCc4ccc(Cl)cc4)c3)C2=O)c1. The number of halogens is 1. The standard InChI is InChI=1S/C29H28ClNO4S/c1-19(2)25-12-7-20(3)15-26(25)34-14-13-31-28(32)27(36-29(31)33)17-22-5-4-6-24(16-22)35-18-21-8-10-23(30)11-9-21/h4-12,15-17,19H,13-14,18H2,1-3H3/b27-17-. The molecule has 0 unspecified atom stereocenters. The summed E-state index contributed by atoms with van der Waals surface area (Å²) >= 11 is 6.87. The monoisotopic (exact) mass is 521 g/mol. The van der Waals surface area contributed by atoms with Crippen molar-refractivity contribution in [1.29, 1.82) is 0 Å². The average Bonchev–Trinajstić information content (AvgIpc) is 3.11. The normalized spacial score (nSPS) is 14.7. The molecule has 1 saturated heterocycles. The van der Waals surface area contributed by atoms with Gasteiger partial charge < -0.3 is 9.47 Å². The van der Waals surface area contributed by atoms with Crippen LogP contribution in [0.2, 0.25) is 5.02 Å². The molecule has 5 nitrogen and oxygen atoms in total. The van der Waals surface area contributed by atoms with Gasteiger partial charge >= 0.3 is 0 Å². The van der Waals surface area contributed by atoms with Crippen molar-refractivity contribution in [2.45, 2.75) is 33.3 Å². The Bertz CT molecular complexity index is 1290. The fraction of sp³-hybridized carbons (Fsp3) is 0.241. The van der Waals surface area contributed by atoms with Gasteiger partial charge in [0.05, 0.1) is 11.4 Å². The lowest BCUT2D eigenvalue weighted by Gasteiger charge is -2.17. The second-order valence-electron chi connectivity index (χ2n) is 8.87. The smallest absolute Gasteiger partial charge is 0.293 e. The molecular weight excluding hydrogens is 494 g/mol. The molecule has 0 spiro atoms. The maximum atomic E-state index is 12.9. The van der Waals surface area contributed by atoms with Gasteiger partial charge in [0.15, 0.2) is 0 Å².